The number of ether oxygens (including phenoxy) is 1. The van der Waals surface area contributed by atoms with Crippen molar-refractivity contribution in [3.05, 3.63) is 48.3 Å². The molecule has 1 aliphatic heterocycles. The number of anilines is 1. The van der Waals surface area contributed by atoms with E-state index in [2.05, 4.69) is 20.2 Å². The predicted molar refractivity (Wildman–Crippen MR) is 91.0 cm³/mol. The number of rotatable bonds is 4. The molecule has 1 aromatic heterocycles. The first kappa shape index (κ1) is 16.0. The van der Waals surface area contributed by atoms with E-state index in [1.165, 1.54) is 0 Å². The fraction of sp³-hybridized carbons (Fsp3) is 0.353. The molecule has 24 heavy (non-hydrogen) atoms. The van der Waals surface area contributed by atoms with Gasteiger partial charge in [0, 0.05) is 45.1 Å². The van der Waals surface area contributed by atoms with Gasteiger partial charge >= 0.3 is 6.03 Å². The third-order valence-corrected chi connectivity index (χ3v) is 3.98. The maximum absolute atomic E-state index is 12.3. The molecule has 7 nitrogen and oxygen atoms in total. The average Bonchev–Trinajstić information content (AvgIpc) is 2.67. The highest BCUT2D eigenvalue weighted by Gasteiger charge is 2.22. The lowest BCUT2D eigenvalue weighted by Gasteiger charge is -2.34. The number of urea groups is 1. The standard InChI is InChI=1S/C17H21N5O2/c1-24-15-5-2-4-14(12-15)13-20-17(23)22-10-8-21(9-11-22)16-18-6-3-7-19-16/h2-7,12H,8-11,13H2,1H3,(H,20,23). The summed E-state index contributed by atoms with van der Waals surface area (Å²) in [7, 11) is 1.63. The summed E-state index contributed by atoms with van der Waals surface area (Å²) in [4.78, 5) is 24.7. The molecule has 0 radical (unpaired) electrons. The second kappa shape index (κ2) is 7.63. The SMILES string of the molecule is COc1cccc(CNC(=O)N2CCN(c3ncccn3)CC2)c1. The Kier molecular flexibility index (Phi) is 5.10. The lowest BCUT2D eigenvalue weighted by atomic mass is 10.2. The Hall–Kier alpha value is -2.83. The van der Waals surface area contributed by atoms with E-state index in [1.807, 2.05) is 29.2 Å². The van der Waals surface area contributed by atoms with E-state index in [-0.39, 0.29) is 6.03 Å². The maximum atomic E-state index is 12.3. The summed E-state index contributed by atoms with van der Waals surface area (Å²) in [6, 6.07) is 9.44. The summed E-state index contributed by atoms with van der Waals surface area (Å²) < 4.78 is 5.19. The van der Waals surface area contributed by atoms with Crippen LogP contribution >= 0.6 is 0 Å². The quantitative estimate of drug-likeness (QED) is 0.922. The van der Waals surface area contributed by atoms with E-state index in [9.17, 15) is 4.79 Å². The fourth-order valence-electron chi connectivity index (χ4n) is 2.64. The molecule has 2 amide bonds. The van der Waals surface area contributed by atoms with E-state index in [4.69, 9.17) is 4.74 Å². The highest BCUT2D eigenvalue weighted by atomic mass is 16.5. The lowest BCUT2D eigenvalue weighted by molar-refractivity contribution is 0.193. The van der Waals surface area contributed by atoms with Crippen molar-refractivity contribution in [1.82, 2.24) is 20.2 Å². The van der Waals surface area contributed by atoms with Gasteiger partial charge in [-0.1, -0.05) is 12.1 Å². The monoisotopic (exact) mass is 327 g/mol. The van der Waals surface area contributed by atoms with Crippen LogP contribution < -0.4 is 15.0 Å². The number of nitrogens with zero attached hydrogens (tertiary/aromatic N) is 4. The van der Waals surface area contributed by atoms with Crippen LogP contribution in [0.4, 0.5) is 10.7 Å². The number of nitrogens with one attached hydrogen (secondary N) is 1. The first-order valence-electron chi connectivity index (χ1n) is 7.94. The van der Waals surface area contributed by atoms with Gasteiger partial charge in [-0.3, -0.25) is 0 Å². The zero-order valence-electron chi connectivity index (χ0n) is 13.7. The van der Waals surface area contributed by atoms with Gasteiger partial charge in [-0.15, -0.1) is 0 Å². The molecule has 7 heteroatoms. The average molecular weight is 327 g/mol. The minimum Gasteiger partial charge on any atom is -0.497 e. The van der Waals surface area contributed by atoms with Gasteiger partial charge in [0.25, 0.3) is 0 Å². The largest absolute Gasteiger partial charge is 0.497 e. The molecular formula is C17H21N5O2. The van der Waals surface area contributed by atoms with E-state index >= 15 is 0 Å². The Morgan fingerprint density at radius 2 is 1.92 bits per heavy atom. The highest BCUT2D eigenvalue weighted by molar-refractivity contribution is 5.74. The lowest BCUT2D eigenvalue weighted by Crippen LogP contribution is -2.52. The normalized spacial score (nSPS) is 14.4. The smallest absolute Gasteiger partial charge is 0.317 e. The van der Waals surface area contributed by atoms with Crippen LogP contribution in [-0.4, -0.2) is 54.2 Å². The van der Waals surface area contributed by atoms with Crippen molar-refractivity contribution in [1.29, 1.82) is 0 Å². The third-order valence-electron chi connectivity index (χ3n) is 3.98. The summed E-state index contributed by atoms with van der Waals surface area (Å²) in [6.45, 7) is 3.26. The molecule has 2 heterocycles. The summed E-state index contributed by atoms with van der Waals surface area (Å²) in [5.41, 5.74) is 1.01. The van der Waals surface area contributed by atoms with Gasteiger partial charge in [0.05, 0.1) is 7.11 Å². The van der Waals surface area contributed by atoms with Gasteiger partial charge in [-0.25, -0.2) is 14.8 Å². The number of aromatic nitrogens is 2. The Bertz CT molecular complexity index is 672. The number of piperazine rings is 1. The molecule has 2 aromatic rings. The first-order valence-corrected chi connectivity index (χ1v) is 7.94. The molecule has 0 spiro atoms. The minimum absolute atomic E-state index is 0.0496. The topological polar surface area (TPSA) is 70.6 Å². The van der Waals surface area contributed by atoms with Crippen molar-refractivity contribution in [2.45, 2.75) is 6.54 Å². The molecule has 1 aromatic carbocycles. The number of methoxy groups -OCH3 is 1. The van der Waals surface area contributed by atoms with E-state index in [0.717, 1.165) is 24.4 Å². The Labute approximate surface area is 141 Å². The number of hydrogen-bond donors (Lipinski definition) is 1. The van der Waals surface area contributed by atoms with E-state index in [1.54, 1.807) is 25.6 Å². The van der Waals surface area contributed by atoms with Crippen LogP contribution in [0.15, 0.2) is 42.7 Å². The third kappa shape index (κ3) is 3.92. The minimum atomic E-state index is -0.0496. The van der Waals surface area contributed by atoms with Crippen LogP contribution in [-0.2, 0) is 6.54 Å². The van der Waals surface area contributed by atoms with Crippen molar-refractivity contribution in [2.75, 3.05) is 38.2 Å². The Balaban J connectivity index is 1.48. The Morgan fingerprint density at radius 3 is 2.62 bits per heavy atom. The van der Waals surface area contributed by atoms with Crippen molar-refractivity contribution >= 4 is 12.0 Å². The zero-order chi connectivity index (χ0) is 16.8. The summed E-state index contributed by atoms with van der Waals surface area (Å²) in [6.07, 6.45) is 3.46. The zero-order valence-corrected chi connectivity index (χ0v) is 13.7. The second-order valence-electron chi connectivity index (χ2n) is 5.53. The molecule has 0 unspecified atom stereocenters. The molecule has 126 valence electrons. The molecular weight excluding hydrogens is 306 g/mol. The number of carbonyl (C=O) groups excluding carboxylic acids is 1. The maximum Gasteiger partial charge on any atom is 0.317 e. The van der Waals surface area contributed by atoms with E-state index < -0.39 is 0 Å². The molecule has 3 rings (SSSR count). The van der Waals surface area contributed by atoms with Gasteiger partial charge in [-0.2, -0.15) is 0 Å². The van der Waals surface area contributed by atoms with Crippen LogP contribution in [0.5, 0.6) is 5.75 Å². The molecule has 1 N–H and O–H groups in total. The van der Waals surface area contributed by atoms with Crippen molar-refractivity contribution in [2.24, 2.45) is 0 Å². The van der Waals surface area contributed by atoms with Crippen molar-refractivity contribution in [3.8, 4) is 5.75 Å². The molecule has 1 saturated heterocycles. The van der Waals surface area contributed by atoms with Gasteiger partial charge in [0.2, 0.25) is 5.95 Å². The summed E-state index contributed by atoms with van der Waals surface area (Å²) >= 11 is 0. The molecule has 0 aliphatic carbocycles. The van der Waals surface area contributed by atoms with Crippen LogP contribution in [0.25, 0.3) is 0 Å². The van der Waals surface area contributed by atoms with Crippen LogP contribution in [0.3, 0.4) is 0 Å². The Morgan fingerprint density at radius 1 is 1.17 bits per heavy atom. The number of amides is 2. The van der Waals surface area contributed by atoms with Crippen molar-refractivity contribution in [3.63, 3.8) is 0 Å². The van der Waals surface area contributed by atoms with Gasteiger partial charge in [0.15, 0.2) is 0 Å². The first-order chi connectivity index (χ1) is 11.8. The van der Waals surface area contributed by atoms with E-state index in [0.29, 0.717) is 25.6 Å². The predicted octanol–water partition coefficient (Wildman–Crippen LogP) is 1.52. The van der Waals surface area contributed by atoms with Crippen LogP contribution in [0, 0.1) is 0 Å². The fourth-order valence-corrected chi connectivity index (χ4v) is 2.64. The molecule has 0 atom stereocenters. The number of carbonyl (C=O) groups is 1. The van der Waals surface area contributed by atoms with Crippen LogP contribution in [0.1, 0.15) is 5.56 Å². The summed E-state index contributed by atoms with van der Waals surface area (Å²) in [5.74, 6) is 1.51. The summed E-state index contributed by atoms with van der Waals surface area (Å²) in [5, 5.41) is 2.96. The molecule has 1 fully saturated rings. The molecule has 1 aliphatic rings. The molecule has 0 bridgehead atoms. The number of hydrogen-bond acceptors (Lipinski definition) is 5. The van der Waals surface area contributed by atoms with Crippen molar-refractivity contribution < 1.29 is 9.53 Å². The van der Waals surface area contributed by atoms with Gasteiger partial charge < -0.3 is 19.9 Å². The van der Waals surface area contributed by atoms with Gasteiger partial charge in [-0.05, 0) is 23.8 Å². The van der Waals surface area contributed by atoms with Crippen LogP contribution in [0.2, 0.25) is 0 Å². The molecule has 0 saturated carbocycles. The number of benzene rings is 1. The van der Waals surface area contributed by atoms with Gasteiger partial charge in [0.1, 0.15) is 5.75 Å². The highest BCUT2D eigenvalue weighted by Crippen LogP contribution is 2.13. The second-order valence-corrected chi connectivity index (χ2v) is 5.53.